The van der Waals surface area contributed by atoms with Crippen LogP contribution in [0.15, 0.2) is 59.4 Å². The van der Waals surface area contributed by atoms with Gasteiger partial charge in [-0.25, -0.2) is 4.39 Å². The summed E-state index contributed by atoms with van der Waals surface area (Å²) in [5.74, 6) is -0.857. The van der Waals surface area contributed by atoms with E-state index in [9.17, 15) is 18.8 Å². The van der Waals surface area contributed by atoms with Crippen molar-refractivity contribution in [2.24, 2.45) is 0 Å². The molecule has 1 aliphatic rings. The number of anilines is 1. The fourth-order valence-electron chi connectivity index (χ4n) is 3.99. The maximum Gasteiger partial charge on any atom is 0.254 e. The van der Waals surface area contributed by atoms with Crippen molar-refractivity contribution < 1.29 is 14.0 Å². The third kappa shape index (κ3) is 4.21. The van der Waals surface area contributed by atoms with Gasteiger partial charge in [0.15, 0.2) is 0 Å². The number of amides is 2. The van der Waals surface area contributed by atoms with Gasteiger partial charge in [-0.15, -0.1) is 0 Å². The molecule has 160 valence electrons. The monoisotopic (exact) mass is 421 g/mol. The first-order valence-electron chi connectivity index (χ1n) is 10.4. The van der Waals surface area contributed by atoms with Crippen molar-refractivity contribution in [1.82, 2.24) is 9.47 Å². The molecule has 0 saturated carbocycles. The van der Waals surface area contributed by atoms with Crippen molar-refractivity contribution in [3.63, 3.8) is 0 Å². The Kier molecular flexibility index (Phi) is 5.84. The van der Waals surface area contributed by atoms with Crippen LogP contribution in [0.25, 0.3) is 10.9 Å². The molecule has 0 radical (unpaired) electrons. The van der Waals surface area contributed by atoms with Gasteiger partial charge in [-0.3, -0.25) is 19.0 Å². The number of hydrogen-bond donors (Lipinski definition) is 0. The summed E-state index contributed by atoms with van der Waals surface area (Å²) in [6, 6.07) is 14.1. The van der Waals surface area contributed by atoms with Crippen LogP contribution in [0, 0.1) is 5.82 Å². The van der Waals surface area contributed by atoms with E-state index in [1.165, 1.54) is 39.8 Å². The number of halogens is 1. The van der Waals surface area contributed by atoms with Crippen molar-refractivity contribution in [3.05, 3.63) is 76.3 Å². The lowest BCUT2D eigenvalue weighted by Crippen LogP contribution is -2.37. The predicted octanol–water partition coefficient (Wildman–Crippen LogP) is 3.43. The zero-order chi connectivity index (χ0) is 22.0. The number of para-hydroxylation sites is 1. The number of benzene rings is 2. The van der Waals surface area contributed by atoms with E-state index in [1.54, 1.807) is 30.1 Å². The maximum absolute atomic E-state index is 13.2. The number of fused-ring (bicyclic) bond motifs is 1. The average Bonchev–Trinajstić information content (AvgIpc) is 2.80. The van der Waals surface area contributed by atoms with Gasteiger partial charge in [0.25, 0.3) is 11.5 Å². The number of nitrogens with zero attached hydrogens (tertiary/aromatic N) is 3. The minimum atomic E-state index is -0.403. The Hall–Kier alpha value is -3.48. The predicted molar refractivity (Wildman–Crippen MR) is 118 cm³/mol. The summed E-state index contributed by atoms with van der Waals surface area (Å²) >= 11 is 0. The lowest BCUT2D eigenvalue weighted by molar-refractivity contribution is -0.118. The topological polar surface area (TPSA) is 62.6 Å². The van der Waals surface area contributed by atoms with Gasteiger partial charge in [-0.2, -0.15) is 0 Å². The second-order valence-electron chi connectivity index (χ2n) is 7.78. The third-order valence-corrected chi connectivity index (χ3v) is 5.77. The largest absolute Gasteiger partial charge is 0.339 e. The number of carbonyl (C=O) groups is 2. The number of rotatable bonds is 4. The molecule has 0 aliphatic carbocycles. The summed E-state index contributed by atoms with van der Waals surface area (Å²) in [7, 11) is 1.58. The average molecular weight is 421 g/mol. The Morgan fingerprint density at radius 2 is 1.68 bits per heavy atom. The first-order chi connectivity index (χ1) is 15.0. The molecular weight excluding hydrogens is 397 g/mol. The quantitative estimate of drug-likeness (QED) is 0.649. The van der Waals surface area contributed by atoms with E-state index in [2.05, 4.69) is 0 Å². The molecule has 3 aromatic rings. The van der Waals surface area contributed by atoms with Crippen molar-refractivity contribution >= 4 is 28.4 Å². The Morgan fingerprint density at radius 3 is 2.39 bits per heavy atom. The lowest BCUT2D eigenvalue weighted by atomic mass is 10.0. The van der Waals surface area contributed by atoms with E-state index in [0.29, 0.717) is 35.2 Å². The Bertz CT molecular complexity index is 1180. The van der Waals surface area contributed by atoms with Crippen LogP contribution in [0.4, 0.5) is 10.1 Å². The molecule has 1 aromatic heterocycles. The van der Waals surface area contributed by atoms with E-state index in [-0.39, 0.29) is 24.2 Å². The normalized spacial score (nSPS) is 13.9. The summed E-state index contributed by atoms with van der Waals surface area (Å²) in [6.45, 7) is 1.19. The number of piperidine rings is 1. The Morgan fingerprint density at radius 1 is 1.00 bits per heavy atom. The molecule has 0 bridgehead atoms. The van der Waals surface area contributed by atoms with E-state index in [4.69, 9.17) is 0 Å². The standard InChI is InChI=1S/C24H24FN3O3/c1-26(18-11-9-17(25)10-12-18)23(30)16-28-21-8-4-3-7-19(21)20(15-22(28)29)24(31)27-13-5-2-6-14-27/h3-4,7-12,15H,2,5-6,13-14,16H2,1H3. The second-order valence-corrected chi connectivity index (χ2v) is 7.78. The molecule has 0 unspecified atom stereocenters. The molecule has 0 N–H and O–H groups in total. The van der Waals surface area contributed by atoms with Crippen molar-refractivity contribution in [1.29, 1.82) is 0 Å². The van der Waals surface area contributed by atoms with Crippen LogP contribution in [0.3, 0.4) is 0 Å². The van der Waals surface area contributed by atoms with E-state index in [0.717, 1.165) is 19.3 Å². The van der Waals surface area contributed by atoms with E-state index >= 15 is 0 Å². The molecule has 2 amide bonds. The molecule has 0 atom stereocenters. The molecule has 1 aliphatic heterocycles. The highest BCUT2D eigenvalue weighted by atomic mass is 19.1. The Balaban J connectivity index is 1.68. The molecule has 1 saturated heterocycles. The van der Waals surface area contributed by atoms with Gasteiger partial charge >= 0.3 is 0 Å². The molecule has 6 nitrogen and oxygen atoms in total. The van der Waals surface area contributed by atoms with Gasteiger partial charge in [-0.1, -0.05) is 18.2 Å². The smallest absolute Gasteiger partial charge is 0.254 e. The number of pyridine rings is 1. The molecule has 2 heterocycles. The van der Waals surface area contributed by atoms with Crippen LogP contribution < -0.4 is 10.5 Å². The van der Waals surface area contributed by atoms with Gasteiger partial charge in [-0.05, 0) is 49.6 Å². The van der Waals surface area contributed by atoms with Gasteiger partial charge in [0, 0.05) is 37.3 Å². The van der Waals surface area contributed by atoms with Crippen molar-refractivity contribution in [3.8, 4) is 0 Å². The zero-order valence-electron chi connectivity index (χ0n) is 17.4. The molecular formula is C24H24FN3O3. The summed E-state index contributed by atoms with van der Waals surface area (Å²) in [4.78, 5) is 42.1. The number of likely N-dealkylation sites (tertiary alicyclic amines) is 1. The van der Waals surface area contributed by atoms with Gasteiger partial charge in [0.1, 0.15) is 12.4 Å². The zero-order valence-corrected chi connectivity index (χ0v) is 17.4. The van der Waals surface area contributed by atoms with Crippen LogP contribution >= 0.6 is 0 Å². The molecule has 7 heteroatoms. The highest BCUT2D eigenvalue weighted by Crippen LogP contribution is 2.21. The van der Waals surface area contributed by atoms with Gasteiger partial charge in [0.05, 0.1) is 11.1 Å². The van der Waals surface area contributed by atoms with Gasteiger partial charge in [0.2, 0.25) is 5.91 Å². The Labute approximate surface area is 179 Å². The molecule has 1 fully saturated rings. The van der Waals surface area contributed by atoms with Crippen LogP contribution in [-0.2, 0) is 11.3 Å². The molecule has 0 spiro atoms. The van der Waals surface area contributed by atoms with E-state index < -0.39 is 5.56 Å². The fraction of sp³-hybridized carbons (Fsp3) is 0.292. The highest BCUT2D eigenvalue weighted by Gasteiger charge is 2.23. The molecule has 4 rings (SSSR count). The first kappa shape index (κ1) is 20.8. The van der Waals surface area contributed by atoms with Crippen LogP contribution in [0.2, 0.25) is 0 Å². The van der Waals surface area contributed by atoms with Gasteiger partial charge < -0.3 is 9.80 Å². The molecule has 2 aromatic carbocycles. The SMILES string of the molecule is CN(C(=O)Cn1c(=O)cc(C(=O)N2CCCCC2)c2ccccc21)c1ccc(F)cc1. The third-order valence-electron chi connectivity index (χ3n) is 5.77. The minimum Gasteiger partial charge on any atom is -0.339 e. The maximum atomic E-state index is 13.2. The van der Waals surface area contributed by atoms with Crippen molar-refractivity contribution in [2.75, 3.05) is 25.0 Å². The first-order valence-corrected chi connectivity index (χ1v) is 10.4. The number of aromatic nitrogens is 1. The minimum absolute atomic E-state index is 0.144. The van der Waals surface area contributed by atoms with Crippen LogP contribution in [-0.4, -0.2) is 41.4 Å². The summed E-state index contributed by atoms with van der Waals surface area (Å²) in [5, 5.41) is 0.648. The van der Waals surface area contributed by atoms with Crippen LogP contribution in [0.5, 0.6) is 0 Å². The highest BCUT2D eigenvalue weighted by molar-refractivity contribution is 6.06. The number of carbonyl (C=O) groups excluding carboxylic acids is 2. The van der Waals surface area contributed by atoms with E-state index in [1.807, 2.05) is 6.07 Å². The summed E-state index contributed by atoms with van der Waals surface area (Å²) in [6.07, 6.45) is 3.03. The number of likely N-dealkylation sites (N-methyl/N-ethyl adjacent to an activating group) is 1. The second kappa shape index (κ2) is 8.71. The summed E-state index contributed by atoms with van der Waals surface area (Å²) in [5.41, 5.74) is 1.04. The number of hydrogen-bond acceptors (Lipinski definition) is 3. The fourth-order valence-corrected chi connectivity index (χ4v) is 3.99. The van der Waals surface area contributed by atoms with Crippen molar-refractivity contribution in [2.45, 2.75) is 25.8 Å². The van der Waals surface area contributed by atoms with Crippen LogP contribution in [0.1, 0.15) is 29.6 Å². The molecule has 31 heavy (non-hydrogen) atoms. The summed E-state index contributed by atoms with van der Waals surface area (Å²) < 4.78 is 14.6. The lowest BCUT2D eigenvalue weighted by Gasteiger charge is -2.27.